The van der Waals surface area contributed by atoms with Crippen molar-refractivity contribution in [2.24, 2.45) is 29.6 Å². The van der Waals surface area contributed by atoms with E-state index in [0.29, 0.717) is 28.9 Å². The molecule has 6 rings (SSSR count). The van der Waals surface area contributed by atoms with E-state index in [-0.39, 0.29) is 35.9 Å². The predicted octanol–water partition coefficient (Wildman–Crippen LogP) is 5.60. The normalized spacial score (nSPS) is 39.6. The minimum absolute atomic E-state index is 0.0629. The number of esters is 1. The highest BCUT2D eigenvalue weighted by molar-refractivity contribution is 5.93. The van der Waals surface area contributed by atoms with Crippen molar-refractivity contribution < 1.29 is 24.1 Å². The van der Waals surface area contributed by atoms with Gasteiger partial charge in [0.25, 0.3) is 0 Å². The van der Waals surface area contributed by atoms with Gasteiger partial charge in [0.2, 0.25) is 5.76 Å². The number of nitrogens with zero attached hydrogens (tertiary/aromatic N) is 1. The molecule has 6 nitrogen and oxygen atoms in total. The average Bonchev–Trinajstić information content (AvgIpc) is 3.59. The van der Waals surface area contributed by atoms with Gasteiger partial charge in [0.1, 0.15) is 5.76 Å². The molecule has 1 N–H and O–H groups in total. The highest BCUT2D eigenvalue weighted by Gasteiger charge is 2.50. The van der Waals surface area contributed by atoms with E-state index in [1.54, 1.807) is 14.0 Å². The first-order valence-electron chi connectivity index (χ1n) is 14.7. The van der Waals surface area contributed by atoms with Gasteiger partial charge in [-0.15, -0.1) is 0 Å². The lowest BCUT2D eigenvalue weighted by atomic mass is 9.73. The van der Waals surface area contributed by atoms with Crippen molar-refractivity contribution >= 4 is 5.97 Å². The Bertz CT molecular complexity index is 1030. The van der Waals surface area contributed by atoms with Crippen molar-refractivity contribution in [1.82, 2.24) is 4.90 Å². The van der Waals surface area contributed by atoms with Gasteiger partial charge in [-0.3, -0.25) is 4.90 Å². The first-order valence-corrected chi connectivity index (χ1v) is 14.7. The maximum absolute atomic E-state index is 12.3. The Morgan fingerprint density at radius 2 is 1.92 bits per heavy atom. The van der Waals surface area contributed by atoms with Crippen LogP contribution in [0.2, 0.25) is 0 Å². The van der Waals surface area contributed by atoms with Crippen molar-refractivity contribution in [3.05, 3.63) is 46.8 Å². The van der Waals surface area contributed by atoms with Crippen LogP contribution in [0.5, 0.6) is 0 Å². The van der Waals surface area contributed by atoms with Gasteiger partial charge in [0.05, 0.1) is 18.8 Å². The third kappa shape index (κ3) is 4.38. The number of aliphatic hydroxyl groups is 1. The van der Waals surface area contributed by atoms with Crippen molar-refractivity contribution in [1.29, 1.82) is 0 Å². The summed E-state index contributed by atoms with van der Waals surface area (Å²) in [6, 6.07) is 0.481. The Labute approximate surface area is 221 Å². The first kappa shape index (κ1) is 25.2. The number of fused-ring (bicyclic) bond motifs is 3. The van der Waals surface area contributed by atoms with Gasteiger partial charge in [-0.1, -0.05) is 51.2 Å². The van der Waals surface area contributed by atoms with E-state index < -0.39 is 0 Å². The number of allylic oxidation sites excluding steroid dienone is 2. The first-order chi connectivity index (χ1) is 18.0. The minimum Gasteiger partial charge on any atom is -0.492 e. The van der Waals surface area contributed by atoms with Crippen molar-refractivity contribution in [3.8, 4) is 0 Å². The molecule has 0 radical (unpaired) electrons. The van der Waals surface area contributed by atoms with Crippen molar-refractivity contribution in [2.45, 2.75) is 96.2 Å². The van der Waals surface area contributed by atoms with Gasteiger partial charge < -0.3 is 19.3 Å². The fourth-order valence-corrected chi connectivity index (χ4v) is 8.40. The zero-order valence-corrected chi connectivity index (χ0v) is 22.7. The SMILES string of the molecule is COC1=C(C)C(=O)OC1=C1OC2=CCCN3[C@H]([C@@H](O)[C@@H]4C=CC[C@H](C5CCCC5)C4)CCC[C@H]3[C@H]2[C@@H]1C. The number of methoxy groups -OCH3 is 1. The molecule has 0 bridgehead atoms. The van der Waals surface area contributed by atoms with Crippen LogP contribution in [-0.4, -0.2) is 47.8 Å². The molecule has 6 heteroatoms. The molecular formula is C31H43NO5. The summed E-state index contributed by atoms with van der Waals surface area (Å²) >= 11 is 0. The van der Waals surface area contributed by atoms with E-state index in [1.807, 2.05) is 0 Å². The third-order valence-corrected chi connectivity index (χ3v) is 10.3. The van der Waals surface area contributed by atoms with Crippen LogP contribution >= 0.6 is 0 Å². The minimum atomic E-state index is -0.366. The molecular weight excluding hydrogens is 466 g/mol. The van der Waals surface area contributed by atoms with Crippen LogP contribution in [0.4, 0.5) is 0 Å². The van der Waals surface area contributed by atoms with Gasteiger partial charge in [-0.25, -0.2) is 4.79 Å². The van der Waals surface area contributed by atoms with Gasteiger partial charge >= 0.3 is 5.97 Å². The highest BCUT2D eigenvalue weighted by Crippen LogP contribution is 2.50. The molecule has 1 saturated carbocycles. The fourth-order valence-electron chi connectivity index (χ4n) is 8.40. The van der Waals surface area contributed by atoms with Crippen LogP contribution in [0.25, 0.3) is 0 Å². The summed E-state index contributed by atoms with van der Waals surface area (Å²) in [7, 11) is 1.57. The zero-order valence-electron chi connectivity index (χ0n) is 22.7. The van der Waals surface area contributed by atoms with Crippen LogP contribution in [-0.2, 0) is 19.0 Å². The Morgan fingerprint density at radius 1 is 1.11 bits per heavy atom. The van der Waals surface area contributed by atoms with Crippen LogP contribution in [0.3, 0.4) is 0 Å². The molecule has 2 saturated heterocycles. The van der Waals surface area contributed by atoms with Crippen LogP contribution in [0.15, 0.2) is 46.8 Å². The number of hydrogen-bond donors (Lipinski definition) is 1. The van der Waals surface area contributed by atoms with Gasteiger partial charge in [-0.2, -0.15) is 0 Å². The smallest absolute Gasteiger partial charge is 0.343 e. The van der Waals surface area contributed by atoms with Crippen LogP contribution < -0.4 is 0 Å². The lowest BCUT2D eigenvalue weighted by Crippen LogP contribution is -2.56. The van der Waals surface area contributed by atoms with Gasteiger partial charge in [-0.05, 0) is 56.9 Å². The summed E-state index contributed by atoms with van der Waals surface area (Å²) in [5, 5.41) is 11.8. The van der Waals surface area contributed by atoms with E-state index >= 15 is 0 Å². The average molecular weight is 510 g/mol. The molecule has 202 valence electrons. The molecule has 6 aliphatic rings. The summed E-state index contributed by atoms with van der Waals surface area (Å²) < 4.78 is 17.6. The van der Waals surface area contributed by atoms with Gasteiger partial charge in [0.15, 0.2) is 11.5 Å². The molecule has 0 amide bonds. The summed E-state index contributed by atoms with van der Waals surface area (Å²) in [4.78, 5) is 14.9. The monoisotopic (exact) mass is 509 g/mol. The Kier molecular flexibility index (Phi) is 7.00. The molecule has 0 aromatic heterocycles. The molecule has 0 aromatic carbocycles. The van der Waals surface area contributed by atoms with Crippen molar-refractivity contribution in [3.63, 3.8) is 0 Å². The maximum atomic E-state index is 12.3. The summed E-state index contributed by atoms with van der Waals surface area (Å²) in [5.74, 6) is 4.35. The molecule has 7 atom stereocenters. The molecule has 2 aliphatic carbocycles. The second kappa shape index (κ2) is 10.3. The number of rotatable bonds is 4. The molecule has 4 aliphatic heterocycles. The Hall–Kier alpha value is -2.05. The number of hydrogen-bond acceptors (Lipinski definition) is 6. The largest absolute Gasteiger partial charge is 0.492 e. The van der Waals surface area contributed by atoms with E-state index in [9.17, 15) is 9.90 Å². The molecule has 0 spiro atoms. The zero-order chi connectivity index (χ0) is 25.7. The number of cyclic esters (lactones) is 1. The lowest BCUT2D eigenvalue weighted by Gasteiger charge is -2.47. The van der Waals surface area contributed by atoms with E-state index in [1.165, 1.54) is 32.1 Å². The summed E-state index contributed by atoms with van der Waals surface area (Å²) in [6.07, 6.45) is 18.6. The number of aliphatic hydroxyl groups excluding tert-OH is 1. The van der Waals surface area contributed by atoms with Crippen molar-refractivity contribution in [2.75, 3.05) is 13.7 Å². The molecule has 3 fully saturated rings. The third-order valence-electron chi connectivity index (χ3n) is 10.3. The number of carbonyl (C=O) groups excluding carboxylic acids is 1. The number of carbonyl (C=O) groups is 1. The van der Waals surface area contributed by atoms with E-state index in [2.05, 4.69) is 30.1 Å². The number of ether oxygens (including phenoxy) is 3. The predicted molar refractivity (Wildman–Crippen MR) is 141 cm³/mol. The second-order valence-electron chi connectivity index (χ2n) is 12.2. The topological polar surface area (TPSA) is 68.2 Å². The van der Waals surface area contributed by atoms with E-state index in [0.717, 1.165) is 56.2 Å². The summed E-state index contributed by atoms with van der Waals surface area (Å²) in [6.45, 7) is 4.87. The van der Waals surface area contributed by atoms with E-state index in [4.69, 9.17) is 14.2 Å². The van der Waals surface area contributed by atoms with Crippen LogP contribution in [0, 0.1) is 29.6 Å². The fraction of sp³-hybridized carbons (Fsp3) is 0.710. The Balaban J connectivity index is 1.23. The summed E-state index contributed by atoms with van der Waals surface area (Å²) in [5.41, 5.74) is 0.487. The molecule has 37 heavy (non-hydrogen) atoms. The Morgan fingerprint density at radius 3 is 2.70 bits per heavy atom. The highest BCUT2D eigenvalue weighted by atomic mass is 16.6. The van der Waals surface area contributed by atoms with Gasteiger partial charge in [0, 0.05) is 36.4 Å². The second-order valence-corrected chi connectivity index (χ2v) is 12.2. The number of piperidine rings is 1. The molecule has 0 unspecified atom stereocenters. The molecule has 0 aromatic rings. The lowest BCUT2D eigenvalue weighted by molar-refractivity contribution is -0.133. The standard InChI is InChI=1S/C31H43NO5/c1-18-26-23-13-7-14-24(27(33)22-12-6-11-21(17-22)20-9-4-5-10-20)32(23)16-8-15-25(26)36-29(18)30-28(35-3)19(2)31(34)37-30/h6,12,15,18,20-24,26-27,33H,4-5,7-11,13-14,16-17H2,1-3H3/t18-,21-,22+,23-,24-,26+,27-/m0/s1. The quantitative estimate of drug-likeness (QED) is 0.393. The van der Waals surface area contributed by atoms with Crippen LogP contribution in [0.1, 0.15) is 78.1 Å². The molecule has 4 heterocycles. The maximum Gasteiger partial charge on any atom is 0.343 e.